The zero-order chi connectivity index (χ0) is 26.5. The van der Waals surface area contributed by atoms with Crippen LogP contribution in [0.1, 0.15) is 33.1 Å². The summed E-state index contributed by atoms with van der Waals surface area (Å²) in [5.74, 6) is -3.78. The molecule has 2 N–H and O–H groups in total. The molecule has 3 aliphatic rings. The van der Waals surface area contributed by atoms with Crippen LogP contribution in [0.25, 0.3) is 11.0 Å². The Morgan fingerprint density at radius 3 is 2.78 bits per heavy atom. The predicted molar refractivity (Wildman–Crippen MR) is 132 cm³/mol. The number of hydrogen-bond acceptors (Lipinski definition) is 7. The van der Waals surface area contributed by atoms with Crippen LogP contribution in [-0.2, 0) is 25.8 Å². The zero-order valence-corrected chi connectivity index (χ0v) is 21.1. The summed E-state index contributed by atoms with van der Waals surface area (Å²) in [5.41, 5.74) is 0.178. The molecule has 1 spiro atoms. The van der Waals surface area contributed by atoms with E-state index in [1.54, 1.807) is 10.8 Å². The number of ether oxygens (including phenoxy) is 1. The summed E-state index contributed by atoms with van der Waals surface area (Å²) in [7, 11) is 0. The fourth-order valence-electron chi connectivity index (χ4n) is 6.60. The minimum Gasteiger partial charge on any atom is -0.481 e. The van der Waals surface area contributed by atoms with Gasteiger partial charge in [-0.2, -0.15) is 0 Å². The summed E-state index contributed by atoms with van der Waals surface area (Å²) in [6.45, 7) is 7.64. The van der Waals surface area contributed by atoms with E-state index < -0.39 is 47.5 Å². The normalized spacial score (nSPS) is 29.2. The van der Waals surface area contributed by atoms with Crippen LogP contribution in [0.2, 0.25) is 0 Å². The molecular weight excluding hydrogens is 478 g/mol. The Morgan fingerprint density at radius 2 is 2.11 bits per heavy atom. The highest BCUT2D eigenvalue weighted by Crippen LogP contribution is 2.59. The zero-order valence-electron chi connectivity index (χ0n) is 21.1. The molecule has 0 radical (unpaired) electrons. The molecule has 3 saturated heterocycles. The van der Waals surface area contributed by atoms with Gasteiger partial charge >= 0.3 is 5.97 Å². The second-order valence-corrected chi connectivity index (χ2v) is 10.7. The van der Waals surface area contributed by atoms with Gasteiger partial charge in [-0.25, -0.2) is 4.68 Å². The van der Waals surface area contributed by atoms with Crippen molar-refractivity contribution in [1.82, 2.24) is 24.8 Å². The molecule has 2 aromatic rings. The molecule has 3 fully saturated rings. The number of nitrogens with zero attached hydrogens (tertiary/aromatic N) is 5. The Balaban J connectivity index is 1.56. The third-order valence-electron chi connectivity index (χ3n) is 7.99. The van der Waals surface area contributed by atoms with Crippen molar-refractivity contribution < 1.29 is 29.3 Å². The average Bonchev–Trinajstić information content (AvgIpc) is 3.61. The van der Waals surface area contributed by atoms with Gasteiger partial charge in [0.05, 0.1) is 36.1 Å². The summed E-state index contributed by atoms with van der Waals surface area (Å²) < 4.78 is 7.90. The van der Waals surface area contributed by atoms with Crippen LogP contribution in [0.3, 0.4) is 0 Å². The lowest BCUT2D eigenvalue weighted by Gasteiger charge is -2.39. The maximum Gasteiger partial charge on any atom is 0.310 e. The van der Waals surface area contributed by atoms with Crippen molar-refractivity contribution >= 4 is 28.8 Å². The molecule has 198 valence electrons. The Morgan fingerprint density at radius 1 is 1.35 bits per heavy atom. The molecule has 5 rings (SSSR count). The van der Waals surface area contributed by atoms with Gasteiger partial charge in [0, 0.05) is 6.54 Å². The Bertz CT molecular complexity index is 1230. The number of likely N-dealkylation sites (tertiary alicyclic amines) is 1. The quantitative estimate of drug-likeness (QED) is 0.455. The maximum absolute atomic E-state index is 14.4. The van der Waals surface area contributed by atoms with Crippen molar-refractivity contribution in [2.24, 2.45) is 17.8 Å². The minimum atomic E-state index is -1.25. The van der Waals surface area contributed by atoms with Gasteiger partial charge in [-0.3, -0.25) is 14.4 Å². The predicted octanol–water partition coefficient (Wildman–Crippen LogP) is 1.27. The van der Waals surface area contributed by atoms with Crippen molar-refractivity contribution in [2.75, 3.05) is 13.2 Å². The van der Waals surface area contributed by atoms with Gasteiger partial charge in [0.1, 0.15) is 23.8 Å². The van der Waals surface area contributed by atoms with Crippen LogP contribution in [0, 0.1) is 17.8 Å². The van der Waals surface area contributed by atoms with Gasteiger partial charge in [-0.05, 0) is 37.3 Å². The van der Waals surface area contributed by atoms with Gasteiger partial charge in [-0.15, -0.1) is 11.7 Å². The highest BCUT2D eigenvalue weighted by molar-refractivity contribution is 5.98. The van der Waals surface area contributed by atoms with E-state index in [2.05, 4.69) is 16.9 Å². The summed E-state index contributed by atoms with van der Waals surface area (Å²) in [6, 6.07) is 5.69. The summed E-state index contributed by atoms with van der Waals surface area (Å²) in [5, 5.41) is 28.7. The molecular formula is C26H33N5O6. The molecule has 1 aromatic carbocycles. The van der Waals surface area contributed by atoms with Crippen LogP contribution >= 0.6 is 0 Å². The fourth-order valence-corrected chi connectivity index (χ4v) is 6.60. The smallest absolute Gasteiger partial charge is 0.310 e. The highest BCUT2D eigenvalue weighted by Gasteiger charge is 2.75. The van der Waals surface area contributed by atoms with E-state index in [0.717, 1.165) is 5.52 Å². The number of aliphatic hydroxyl groups is 1. The number of fused-ring (bicyclic) bond motifs is 2. The van der Waals surface area contributed by atoms with Crippen LogP contribution in [0.5, 0.6) is 0 Å². The number of aliphatic carboxylic acids is 1. The molecule has 2 amide bonds. The number of amides is 2. The number of aromatic nitrogens is 3. The number of hydrogen-bond donors (Lipinski definition) is 2. The largest absolute Gasteiger partial charge is 0.481 e. The number of benzene rings is 1. The van der Waals surface area contributed by atoms with E-state index in [4.69, 9.17) is 4.74 Å². The molecule has 11 nitrogen and oxygen atoms in total. The van der Waals surface area contributed by atoms with Crippen LogP contribution in [-0.4, -0.2) is 89.7 Å². The third-order valence-corrected chi connectivity index (χ3v) is 7.99. The first kappa shape index (κ1) is 25.3. The second-order valence-electron chi connectivity index (χ2n) is 10.7. The first-order chi connectivity index (χ1) is 17.7. The summed E-state index contributed by atoms with van der Waals surface area (Å²) in [4.78, 5) is 43.5. The van der Waals surface area contributed by atoms with Crippen molar-refractivity contribution in [3.05, 3.63) is 36.9 Å². The number of aliphatic hydroxyl groups excluding tert-OH is 1. The molecule has 0 aliphatic carbocycles. The highest BCUT2D eigenvalue weighted by atomic mass is 16.5. The van der Waals surface area contributed by atoms with Gasteiger partial charge in [0.2, 0.25) is 11.8 Å². The number of rotatable bonds is 10. The Hall–Kier alpha value is -3.31. The topological polar surface area (TPSA) is 138 Å². The van der Waals surface area contributed by atoms with Crippen LogP contribution < -0.4 is 0 Å². The second kappa shape index (κ2) is 9.53. The van der Waals surface area contributed by atoms with Gasteiger partial charge in [-0.1, -0.05) is 37.3 Å². The average molecular weight is 512 g/mol. The monoisotopic (exact) mass is 511 g/mol. The van der Waals surface area contributed by atoms with E-state index >= 15 is 0 Å². The minimum absolute atomic E-state index is 0.0599. The Labute approximate surface area is 214 Å². The van der Waals surface area contributed by atoms with Crippen LogP contribution in [0.4, 0.5) is 0 Å². The molecule has 0 saturated carbocycles. The lowest BCUT2D eigenvalue weighted by molar-refractivity contribution is -0.154. The van der Waals surface area contributed by atoms with Gasteiger partial charge in [0.25, 0.3) is 0 Å². The molecule has 2 bridgehead atoms. The van der Waals surface area contributed by atoms with E-state index in [1.165, 1.54) is 9.80 Å². The van der Waals surface area contributed by atoms with Crippen molar-refractivity contribution in [3.8, 4) is 0 Å². The standard InChI is InChI=1S/C26H33N5O6/c1-4-11-29(14-30-18-8-6-5-7-17(18)27-28-30)24(34)22-26-10-9-19(37-26)20(25(35)36)21(26)23(33)31(22)16(13-32)12-15(2)3/h4-8,15-16,19-22,32H,1,9-14H2,2-3H3,(H,35,36)/t16-,19-,20+,21+,22-,26+/m1/s1. The first-order valence-electron chi connectivity index (χ1n) is 12.7. The SMILES string of the molecule is C=CCN(Cn1nnc2ccccc21)C(=O)[C@H]1N([C@@H](CO)CC(C)C)C(=O)[C@@H]2[C@@H](C(=O)O)[C@H]3CC[C@]21O3. The molecule has 6 atom stereocenters. The molecule has 1 aromatic heterocycles. The lowest BCUT2D eigenvalue weighted by Crippen LogP contribution is -2.59. The molecule has 4 heterocycles. The fraction of sp³-hybridized carbons (Fsp3) is 0.577. The third kappa shape index (κ3) is 3.91. The number of carbonyl (C=O) groups is 3. The number of para-hydroxylation sites is 1. The lowest BCUT2D eigenvalue weighted by atomic mass is 9.70. The number of carboxylic acid groups (broad SMARTS) is 1. The summed E-state index contributed by atoms with van der Waals surface area (Å²) >= 11 is 0. The maximum atomic E-state index is 14.4. The van der Waals surface area contributed by atoms with Gasteiger partial charge < -0.3 is 24.7 Å². The van der Waals surface area contributed by atoms with Crippen LogP contribution in [0.15, 0.2) is 36.9 Å². The Kier molecular flexibility index (Phi) is 6.53. The molecule has 11 heteroatoms. The molecule has 37 heavy (non-hydrogen) atoms. The van der Waals surface area contributed by atoms with E-state index in [0.29, 0.717) is 24.8 Å². The first-order valence-corrected chi connectivity index (χ1v) is 12.7. The van der Waals surface area contributed by atoms with Gasteiger partial charge in [0.15, 0.2) is 0 Å². The summed E-state index contributed by atoms with van der Waals surface area (Å²) in [6.07, 6.45) is 2.30. The van der Waals surface area contributed by atoms with Crippen molar-refractivity contribution in [2.45, 2.75) is 63.6 Å². The molecule has 3 aliphatic heterocycles. The van der Waals surface area contributed by atoms with E-state index in [-0.39, 0.29) is 31.6 Å². The molecule has 0 unspecified atom stereocenters. The number of carboxylic acids is 1. The number of carbonyl (C=O) groups excluding carboxylic acids is 2. The van der Waals surface area contributed by atoms with E-state index in [9.17, 15) is 24.6 Å². The van der Waals surface area contributed by atoms with E-state index in [1.807, 2.05) is 38.1 Å². The van der Waals surface area contributed by atoms with Crippen molar-refractivity contribution in [3.63, 3.8) is 0 Å². The van der Waals surface area contributed by atoms with Crippen molar-refractivity contribution in [1.29, 1.82) is 0 Å².